The van der Waals surface area contributed by atoms with Crippen LogP contribution in [-0.4, -0.2) is 88.4 Å². The van der Waals surface area contributed by atoms with E-state index in [1.807, 2.05) is 0 Å². The lowest BCUT2D eigenvalue weighted by Crippen LogP contribution is -2.61. The Morgan fingerprint density at radius 3 is 1.77 bits per heavy atom. The second kappa shape index (κ2) is 9.20. The van der Waals surface area contributed by atoms with E-state index in [-0.39, 0.29) is 65.0 Å². The first-order valence-electron chi connectivity index (χ1n) is 13.5. The number of Topliss-reactive ketones (excluding diaryl/α,β-unsaturated/α-hetero) is 2. The molecule has 2 aromatic rings. The number of phenols is 2. The smallest absolute Gasteiger partial charge is 0.355 e. The number of hydrogen-bond acceptors (Lipinski definition) is 12. The van der Waals surface area contributed by atoms with Gasteiger partial charge in [-0.25, -0.2) is 4.79 Å². The topological polar surface area (TPSA) is 232 Å². The Kier molecular flexibility index (Phi) is 6.11. The first-order chi connectivity index (χ1) is 20.2. The van der Waals surface area contributed by atoms with E-state index in [2.05, 4.69) is 0 Å². The fourth-order valence-corrected chi connectivity index (χ4v) is 6.80. The number of phenolic OH excluding ortho intramolecular Hbond substituents is 2. The summed E-state index contributed by atoms with van der Waals surface area (Å²) in [6.45, 7) is 2.16. The van der Waals surface area contributed by atoms with Gasteiger partial charge in [0.2, 0.25) is 0 Å². The van der Waals surface area contributed by atoms with Crippen LogP contribution in [0.25, 0.3) is 22.6 Å². The molecule has 6 rings (SSSR count). The highest BCUT2D eigenvalue weighted by Gasteiger charge is 2.61. The van der Waals surface area contributed by atoms with Gasteiger partial charge >= 0.3 is 5.97 Å². The van der Waals surface area contributed by atoms with Crippen molar-refractivity contribution in [2.45, 2.75) is 62.9 Å². The van der Waals surface area contributed by atoms with Gasteiger partial charge in [0.15, 0.2) is 17.2 Å². The average Bonchev–Trinajstić information content (AvgIpc) is 2.93. The summed E-state index contributed by atoms with van der Waals surface area (Å²) in [5.41, 5.74) is -6.21. The lowest BCUT2D eigenvalue weighted by Gasteiger charge is -2.44. The van der Waals surface area contributed by atoms with Crippen molar-refractivity contribution in [2.24, 2.45) is 0 Å². The summed E-state index contributed by atoms with van der Waals surface area (Å²) < 4.78 is 11.6. The Morgan fingerprint density at radius 2 is 1.26 bits per heavy atom. The van der Waals surface area contributed by atoms with Crippen molar-refractivity contribution in [3.8, 4) is 34.1 Å². The maximum absolute atomic E-state index is 12.9. The van der Waals surface area contributed by atoms with E-state index < -0.39 is 87.3 Å². The van der Waals surface area contributed by atoms with E-state index in [0.29, 0.717) is 0 Å². The quantitative estimate of drug-likeness (QED) is 0.252. The monoisotopic (exact) mass is 596 g/mol. The van der Waals surface area contributed by atoms with Crippen LogP contribution < -0.4 is 9.47 Å². The molecule has 2 unspecified atom stereocenters. The molecular weight excluding hydrogens is 568 g/mol. The van der Waals surface area contributed by atoms with Gasteiger partial charge in [-0.2, -0.15) is 0 Å². The summed E-state index contributed by atoms with van der Waals surface area (Å²) in [6.07, 6.45) is -3.73. The fraction of sp³-hybridized carbons (Fsp3) is 0.367. The van der Waals surface area contributed by atoms with Crippen LogP contribution in [0.4, 0.5) is 0 Å². The number of aromatic hydroxyl groups is 2. The van der Waals surface area contributed by atoms with Crippen molar-refractivity contribution < 1.29 is 64.7 Å². The summed E-state index contributed by atoms with van der Waals surface area (Å²) in [5.74, 6) is -6.60. The van der Waals surface area contributed by atoms with Gasteiger partial charge in [0.25, 0.3) is 5.60 Å². The van der Waals surface area contributed by atoms with Crippen LogP contribution >= 0.6 is 0 Å². The number of hydrogen-bond donors (Lipinski definition) is 8. The normalized spacial score (nSPS) is 27.9. The molecule has 2 heterocycles. The summed E-state index contributed by atoms with van der Waals surface area (Å²) in [4.78, 5) is 38.1. The van der Waals surface area contributed by atoms with Gasteiger partial charge in [0.1, 0.15) is 57.9 Å². The number of carbonyl (C=O) groups is 3. The molecule has 13 heteroatoms. The number of aliphatic hydroxyl groups is 5. The van der Waals surface area contributed by atoms with Crippen LogP contribution in [-0.2, 0) is 14.4 Å². The SMILES string of the molecule is Cc1cc2c(c(O)c1-c1c(C)cc3c(c1O)C(O)=C1C(=O)CC[C@@H](O)C1(C(=O)O)O3)C(O)=C1C(=O)CC[C@@H](O)C1(CO)O2. The highest BCUT2D eigenvalue weighted by atomic mass is 16.5. The number of rotatable bonds is 3. The fourth-order valence-electron chi connectivity index (χ4n) is 6.80. The lowest BCUT2D eigenvalue weighted by atomic mass is 9.73. The maximum Gasteiger partial charge on any atom is 0.355 e. The number of aliphatic carboxylic acids is 1. The molecule has 2 aliphatic heterocycles. The lowest BCUT2D eigenvalue weighted by molar-refractivity contribution is -0.166. The van der Waals surface area contributed by atoms with Crippen molar-refractivity contribution in [3.63, 3.8) is 0 Å². The maximum atomic E-state index is 12.9. The summed E-state index contributed by atoms with van der Waals surface area (Å²) >= 11 is 0. The van der Waals surface area contributed by atoms with Crippen molar-refractivity contribution in [2.75, 3.05) is 6.61 Å². The third-order valence-corrected chi connectivity index (χ3v) is 8.89. The highest BCUT2D eigenvalue weighted by Crippen LogP contribution is 2.56. The second-order valence-electron chi connectivity index (χ2n) is 11.3. The van der Waals surface area contributed by atoms with Crippen LogP contribution in [0.2, 0.25) is 0 Å². The zero-order valence-electron chi connectivity index (χ0n) is 23.0. The molecule has 0 aromatic heterocycles. The molecule has 0 bridgehead atoms. The molecule has 2 fully saturated rings. The van der Waals surface area contributed by atoms with Gasteiger partial charge in [-0.05, 0) is 49.9 Å². The zero-order valence-corrected chi connectivity index (χ0v) is 23.0. The summed E-state index contributed by atoms with van der Waals surface area (Å²) in [7, 11) is 0. The molecule has 8 N–H and O–H groups in total. The molecular formula is C30H28O13. The predicted molar refractivity (Wildman–Crippen MR) is 146 cm³/mol. The van der Waals surface area contributed by atoms with Gasteiger partial charge < -0.3 is 50.3 Å². The third-order valence-electron chi connectivity index (χ3n) is 8.89. The molecule has 13 nitrogen and oxygen atoms in total. The largest absolute Gasteiger partial charge is 0.506 e. The Balaban J connectivity index is 1.61. The molecule has 0 amide bonds. The van der Waals surface area contributed by atoms with E-state index in [4.69, 9.17) is 9.47 Å². The molecule has 0 spiro atoms. The summed E-state index contributed by atoms with van der Waals surface area (Å²) in [6, 6.07) is 2.63. The predicted octanol–water partition coefficient (Wildman–Crippen LogP) is 1.71. The van der Waals surface area contributed by atoms with Crippen LogP contribution in [0, 0.1) is 13.8 Å². The Hall–Kier alpha value is -4.59. The van der Waals surface area contributed by atoms with Crippen LogP contribution in [0.5, 0.6) is 23.0 Å². The van der Waals surface area contributed by atoms with Crippen molar-refractivity contribution in [3.05, 3.63) is 45.5 Å². The van der Waals surface area contributed by atoms with Gasteiger partial charge in [-0.3, -0.25) is 9.59 Å². The van der Waals surface area contributed by atoms with Crippen LogP contribution in [0.1, 0.15) is 47.9 Å². The molecule has 2 aliphatic carbocycles. The number of carbonyl (C=O) groups excluding carboxylic acids is 2. The van der Waals surface area contributed by atoms with Crippen LogP contribution in [0.3, 0.4) is 0 Å². The molecule has 0 radical (unpaired) electrons. The second-order valence-corrected chi connectivity index (χ2v) is 11.3. The first-order valence-corrected chi connectivity index (χ1v) is 13.5. The number of fused-ring (bicyclic) bond motifs is 4. The molecule has 226 valence electrons. The minimum atomic E-state index is -2.61. The minimum absolute atomic E-state index is 0.0273. The standard InChI is InChI=1S/C30H28O13/c1-10-7-14-20(26(38)22-12(32)3-5-16(34)29(22,9-31)42-14)24(36)18(10)19-11(2)8-15-21(25(19)37)27(39)23-13(33)4-6-17(35)30(23,43-15)28(40)41/h7-8,16-17,31,34-39H,3-6,9H2,1-2H3,(H,40,41)/t16-,17-,29?,30?/m1/s1. The van der Waals surface area contributed by atoms with E-state index in [9.17, 15) is 55.2 Å². The molecule has 2 saturated carbocycles. The van der Waals surface area contributed by atoms with Gasteiger partial charge in [-0.15, -0.1) is 0 Å². The number of ether oxygens (including phenoxy) is 2. The van der Waals surface area contributed by atoms with Crippen molar-refractivity contribution in [1.82, 2.24) is 0 Å². The molecule has 4 atom stereocenters. The van der Waals surface area contributed by atoms with Crippen molar-refractivity contribution >= 4 is 29.1 Å². The first kappa shape index (κ1) is 28.5. The van der Waals surface area contributed by atoms with Crippen LogP contribution in [0.15, 0.2) is 23.3 Å². The highest BCUT2D eigenvalue weighted by molar-refractivity contribution is 6.12. The molecule has 4 aliphatic rings. The molecule has 43 heavy (non-hydrogen) atoms. The van der Waals surface area contributed by atoms with E-state index in [1.54, 1.807) is 0 Å². The Morgan fingerprint density at radius 1 is 0.791 bits per heavy atom. The summed E-state index contributed by atoms with van der Waals surface area (Å²) in [5, 5.41) is 87.1. The van der Waals surface area contributed by atoms with E-state index in [0.717, 1.165) is 0 Å². The molecule has 2 aromatic carbocycles. The van der Waals surface area contributed by atoms with Gasteiger partial charge in [0.05, 0.1) is 17.8 Å². The number of benzene rings is 2. The van der Waals surface area contributed by atoms with E-state index >= 15 is 0 Å². The third kappa shape index (κ3) is 3.46. The van der Waals surface area contributed by atoms with E-state index in [1.165, 1.54) is 26.0 Å². The number of carboxylic acid groups (broad SMARTS) is 1. The zero-order chi connectivity index (χ0) is 31.3. The molecule has 0 saturated heterocycles. The average molecular weight is 597 g/mol. The van der Waals surface area contributed by atoms with Gasteiger partial charge in [-0.1, -0.05) is 0 Å². The Labute approximate surface area is 243 Å². The van der Waals surface area contributed by atoms with Crippen molar-refractivity contribution in [1.29, 1.82) is 0 Å². The Bertz CT molecular complexity index is 1730. The number of aryl methyl sites for hydroxylation is 2. The van der Waals surface area contributed by atoms with Gasteiger partial charge in [0, 0.05) is 24.0 Å². The number of ketones is 2. The number of aliphatic hydroxyl groups excluding tert-OH is 5. The number of carboxylic acids is 1. The minimum Gasteiger partial charge on any atom is -0.506 e.